The van der Waals surface area contributed by atoms with Crippen molar-refractivity contribution in [3.8, 4) is 18.4 Å². The first-order valence-corrected chi connectivity index (χ1v) is 4.02. The molecule has 0 aliphatic carbocycles. The summed E-state index contributed by atoms with van der Waals surface area (Å²) in [6, 6.07) is 5.22. The van der Waals surface area contributed by atoms with E-state index in [0.29, 0.717) is 5.56 Å². The summed E-state index contributed by atoms with van der Waals surface area (Å²) in [5, 5.41) is 8.39. The Balaban J connectivity index is 3.24. The van der Waals surface area contributed by atoms with E-state index in [1.807, 2.05) is 12.0 Å². The second kappa shape index (κ2) is 4.06. The van der Waals surface area contributed by atoms with Crippen LogP contribution in [0.15, 0.2) is 18.2 Å². The van der Waals surface area contributed by atoms with Crippen LogP contribution >= 0.6 is 0 Å². The molecule has 1 rings (SSSR count). The zero-order valence-electron chi connectivity index (χ0n) is 7.60. The summed E-state index contributed by atoms with van der Waals surface area (Å²) in [6.07, 6.45) is 0.576. The van der Waals surface area contributed by atoms with Gasteiger partial charge in [-0.1, -0.05) is 12.0 Å². The first kappa shape index (κ1) is 11.1. The van der Waals surface area contributed by atoms with Crippen molar-refractivity contribution in [2.45, 2.75) is 12.6 Å². The molecule has 1 aromatic rings. The minimum atomic E-state index is -4.45. The Hall–Kier alpha value is -1.94. The normalized spacial score (nSPS) is 10.5. The van der Waals surface area contributed by atoms with Crippen LogP contribution in [0.3, 0.4) is 0 Å². The molecule has 0 radical (unpaired) electrons. The van der Waals surface area contributed by atoms with Gasteiger partial charge in [0.15, 0.2) is 0 Å². The zero-order valence-corrected chi connectivity index (χ0v) is 7.60. The van der Waals surface area contributed by atoms with E-state index in [2.05, 4.69) is 0 Å². The average molecular weight is 209 g/mol. The maximum absolute atomic E-state index is 12.4. The van der Waals surface area contributed by atoms with Gasteiger partial charge in [0.1, 0.15) is 0 Å². The Morgan fingerprint density at radius 2 is 2.00 bits per heavy atom. The molecule has 0 atom stereocenters. The van der Waals surface area contributed by atoms with E-state index in [1.54, 1.807) is 0 Å². The minimum Gasteiger partial charge on any atom is -0.198 e. The number of terminal acetylenes is 1. The van der Waals surface area contributed by atoms with Crippen molar-refractivity contribution < 1.29 is 13.2 Å². The predicted octanol–water partition coefficient (Wildman–Crippen LogP) is 2.75. The average Bonchev–Trinajstić information content (AvgIpc) is 2.16. The molecule has 0 N–H and O–H groups in total. The van der Waals surface area contributed by atoms with Gasteiger partial charge in [0.2, 0.25) is 0 Å². The van der Waals surface area contributed by atoms with Gasteiger partial charge < -0.3 is 0 Å². The van der Waals surface area contributed by atoms with E-state index in [1.165, 1.54) is 12.1 Å². The van der Waals surface area contributed by atoms with Gasteiger partial charge in [-0.25, -0.2) is 0 Å². The van der Waals surface area contributed by atoms with Crippen LogP contribution in [0.2, 0.25) is 0 Å². The fourth-order valence-corrected chi connectivity index (χ4v) is 1.16. The second-order valence-corrected chi connectivity index (χ2v) is 2.86. The Bertz CT molecular complexity index is 446. The van der Waals surface area contributed by atoms with Gasteiger partial charge in [0.25, 0.3) is 0 Å². The lowest BCUT2D eigenvalue weighted by atomic mass is 10.0. The molecule has 0 spiro atoms. The highest BCUT2D eigenvalue weighted by Gasteiger charge is 2.32. The van der Waals surface area contributed by atoms with Crippen LogP contribution < -0.4 is 0 Å². The molecule has 0 unspecified atom stereocenters. The molecule has 0 saturated heterocycles. The molecule has 0 bridgehead atoms. The quantitative estimate of drug-likeness (QED) is 0.652. The highest BCUT2D eigenvalue weighted by molar-refractivity contribution is 5.44. The lowest BCUT2D eigenvalue weighted by molar-refractivity contribution is -0.137. The van der Waals surface area contributed by atoms with Crippen LogP contribution in [0.1, 0.15) is 16.7 Å². The third-order valence-electron chi connectivity index (χ3n) is 1.83. The lowest BCUT2D eigenvalue weighted by Gasteiger charge is -2.09. The third-order valence-corrected chi connectivity index (χ3v) is 1.83. The number of rotatable bonds is 1. The Morgan fingerprint density at radius 3 is 2.47 bits per heavy atom. The molecule has 4 heteroatoms. The van der Waals surface area contributed by atoms with Gasteiger partial charge in [0.05, 0.1) is 18.1 Å². The maximum Gasteiger partial charge on any atom is 0.417 e. The molecule has 0 aliphatic rings. The molecule has 0 aliphatic heterocycles. The fourth-order valence-electron chi connectivity index (χ4n) is 1.16. The van der Waals surface area contributed by atoms with Gasteiger partial charge in [-0.2, -0.15) is 18.4 Å². The van der Waals surface area contributed by atoms with Crippen LogP contribution in [0.4, 0.5) is 13.2 Å². The van der Waals surface area contributed by atoms with E-state index in [9.17, 15) is 13.2 Å². The zero-order chi connectivity index (χ0) is 11.5. The van der Waals surface area contributed by atoms with Crippen molar-refractivity contribution in [1.29, 1.82) is 5.26 Å². The van der Waals surface area contributed by atoms with Gasteiger partial charge >= 0.3 is 6.18 Å². The number of nitrogens with zero attached hydrogens (tertiary/aromatic N) is 1. The monoisotopic (exact) mass is 209 g/mol. The summed E-state index contributed by atoms with van der Waals surface area (Å²) in [5.41, 5.74) is -0.583. The highest BCUT2D eigenvalue weighted by atomic mass is 19.4. The van der Waals surface area contributed by atoms with Crippen molar-refractivity contribution in [3.63, 3.8) is 0 Å². The summed E-state index contributed by atoms with van der Waals surface area (Å²) in [6.45, 7) is 0. The van der Waals surface area contributed by atoms with Crippen LogP contribution in [-0.4, -0.2) is 0 Å². The Kier molecular flexibility index (Phi) is 3.01. The summed E-state index contributed by atoms with van der Waals surface area (Å²) in [5.74, 6) is 1.97. The Labute approximate surface area is 85.1 Å². The summed E-state index contributed by atoms with van der Waals surface area (Å²) in [7, 11) is 0. The molecular formula is C11H6F3N. The molecule has 76 valence electrons. The van der Waals surface area contributed by atoms with Crippen molar-refractivity contribution in [1.82, 2.24) is 0 Å². The van der Waals surface area contributed by atoms with Crippen LogP contribution in [0, 0.1) is 23.7 Å². The third kappa shape index (κ3) is 2.51. The van der Waals surface area contributed by atoms with Gasteiger partial charge in [-0.15, -0.1) is 6.42 Å². The molecule has 0 aromatic heterocycles. The van der Waals surface area contributed by atoms with Crippen LogP contribution in [-0.2, 0) is 12.6 Å². The van der Waals surface area contributed by atoms with E-state index in [0.717, 1.165) is 6.07 Å². The second-order valence-electron chi connectivity index (χ2n) is 2.86. The van der Waals surface area contributed by atoms with Crippen molar-refractivity contribution >= 4 is 0 Å². The molecule has 0 amide bonds. The maximum atomic E-state index is 12.4. The standard InChI is InChI=1S/C11H6F3N/c1-2-9-7-8(5-6-15)3-4-10(9)11(12,13)14/h1,3-4,7H,5H2. The van der Waals surface area contributed by atoms with Gasteiger partial charge in [-0.3, -0.25) is 0 Å². The predicted molar refractivity (Wildman–Crippen MR) is 48.7 cm³/mol. The first-order chi connectivity index (χ1) is 6.99. The molecule has 0 saturated carbocycles. The highest BCUT2D eigenvalue weighted by Crippen LogP contribution is 2.32. The van der Waals surface area contributed by atoms with Crippen molar-refractivity contribution in [2.75, 3.05) is 0 Å². The molecular weight excluding hydrogens is 203 g/mol. The lowest BCUT2D eigenvalue weighted by Crippen LogP contribution is -2.08. The van der Waals surface area contributed by atoms with Gasteiger partial charge in [-0.05, 0) is 17.7 Å². The van der Waals surface area contributed by atoms with E-state index in [4.69, 9.17) is 11.7 Å². The number of nitriles is 1. The molecule has 1 nitrogen and oxygen atoms in total. The van der Waals surface area contributed by atoms with E-state index in [-0.39, 0.29) is 12.0 Å². The number of hydrogen-bond acceptors (Lipinski definition) is 1. The number of alkyl halides is 3. The fraction of sp³-hybridized carbons (Fsp3) is 0.182. The van der Waals surface area contributed by atoms with Crippen molar-refractivity contribution in [2.24, 2.45) is 0 Å². The first-order valence-electron chi connectivity index (χ1n) is 4.02. The topological polar surface area (TPSA) is 23.8 Å². The summed E-state index contributed by atoms with van der Waals surface area (Å²) >= 11 is 0. The van der Waals surface area contributed by atoms with E-state index < -0.39 is 11.7 Å². The summed E-state index contributed by atoms with van der Waals surface area (Å²) in [4.78, 5) is 0. The molecule has 0 heterocycles. The number of benzene rings is 1. The van der Waals surface area contributed by atoms with Crippen LogP contribution in [0.5, 0.6) is 0 Å². The molecule has 0 fully saturated rings. The molecule has 15 heavy (non-hydrogen) atoms. The largest absolute Gasteiger partial charge is 0.417 e. The number of hydrogen-bond donors (Lipinski definition) is 0. The summed E-state index contributed by atoms with van der Waals surface area (Å²) < 4.78 is 37.2. The van der Waals surface area contributed by atoms with E-state index >= 15 is 0 Å². The van der Waals surface area contributed by atoms with Gasteiger partial charge in [0, 0.05) is 5.56 Å². The smallest absolute Gasteiger partial charge is 0.198 e. The minimum absolute atomic E-state index is 0.0484. The number of halogens is 3. The molecule has 1 aromatic carbocycles. The van der Waals surface area contributed by atoms with Crippen LogP contribution in [0.25, 0.3) is 0 Å². The van der Waals surface area contributed by atoms with Crippen molar-refractivity contribution in [3.05, 3.63) is 34.9 Å². The Morgan fingerprint density at radius 1 is 1.33 bits per heavy atom. The SMILES string of the molecule is C#Cc1cc(CC#N)ccc1C(F)(F)F.